The van der Waals surface area contributed by atoms with Gasteiger partial charge in [-0.05, 0) is 30.8 Å². The molecule has 0 aliphatic heterocycles. The molecule has 1 amide bonds. The van der Waals surface area contributed by atoms with Gasteiger partial charge < -0.3 is 14.9 Å². The fourth-order valence-electron chi connectivity index (χ4n) is 1.95. The number of aromatic amines is 1. The van der Waals surface area contributed by atoms with Gasteiger partial charge in [0.2, 0.25) is 5.91 Å². The first kappa shape index (κ1) is 11.9. The van der Waals surface area contributed by atoms with Gasteiger partial charge >= 0.3 is 0 Å². The number of carbonyl (C=O) groups excluding carboxylic acids is 1. The summed E-state index contributed by atoms with van der Waals surface area (Å²) in [5, 5.41) is 2.61. The highest BCUT2D eigenvalue weighted by atomic mass is 32.1. The van der Waals surface area contributed by atoms with Gasteiger partial charge in [-0.15, -0.1) is 0 Å². The molecule has 17 heavy (non-hydrogen) atoms. The number of imidazole rings is 1. The SMILES string of the molecule is CNC(=O)CCn1c(=S)[nH]c2cccc(C)c21. The quantitative estimate of drug-likeness (QED) is 0.819. The number of nitrogens with one attached hydrogen (secondary N) is 2. The molecule has 0 bridgehead atoms. The monoisotopic (exact) mass is 249 g/mol. The van der Waals surface area contributed by atoms with Crippen molar-refractivity contribution in [3.05, 3.63) is 28.5 Å². The normalized spacial score (nSPS) is 10.7. The number of amides is 1. The van der Waals surface area contributed by atoms with Crippen molar-refractivity contribution in [2.45, 2.75) is 19.9 Å². The number of aromatic nitrogens is 2. The van der Waals surface area contributed by atoms with Gasteiger partial charge in [0.05, 0.1) is 11.0 Å². The summed E-state index contributed by atoms with van der Waals surface area (Å²) in [6.45, 7) is 2.64. The van der Waals surface area contributed by atoms with Crippen LogP contribution in [0.25, 0.3) is 11.0 Å². The number of hydrogen-bond donors (Lipinski definition) is 2. The van der Waals surface area contributed by atoms with Crippen LogP contribution in [0.1, 0.15) is 12.0 Å². The maximum atomic E-state index is 11.3. The molecule has 0 aliphatic rings. The first-order valence-corrected chi connectivity index (χ1v) is 5.93. The Morgan fingerprint density at radius 3 is 3.00 bits per heavy atom. The van der Waals surface area contributed by atoms with Crippen molar-refractivity contribution in [3.63, 3.8) is 0 Å². The molecule has 2 rings (SSSR count). The van der Waals surface area contributed by atoms with Crippen LogP contribution in [-0.2, 0) is 11.3 Å². The highest BCUT2D eigenvalue weighted by molar-refractivity contribution is 7.71. The molecule has 0 unspecified atom stereocenters. The van der Waals surface area contributed by atoms with E-state index in [1.807, 2.05) is 29.7 Å². The van der Waals surface area contributed by atoms with Crippen LogP contribution < -0.4 is 5.32 Å². The van der Waals surface area contributed by atoms with Gasteiger partial charge in [0.15, 0.2) is 4.77 Å². The molecule has 0 saturated heterocycles. The van der Waals surface area contributed by atoms with E-state index in [2.05, 4.69) is 10.3 Å². The molecule has 0 radical (unpaired) electrons. The van der Waals surface area contributed by atoms with Crippen molar-refractivity contribution in [3.8, 4) is 0 Å². The molecule has 1 aromatic heterocycles. The number of benzene rings is 1. The standard InChI is InChI=1S/C12H15N3OS/c1-8-4-3-5-9-11(8)15(12(17)14-9)7-6-10(16)13-2/h3-5H,6-7H2,1-2H3,(H,13,16)(H,14,17). The number of aryl methyl sites for hydroxylation is 2. The lowest BCUT2D eigenvalue weighted by atomic mass is 10.2. The summed E-state index contributed by atoms with van der Waals surface area (Å²) in [6, 6.07) is 6.03. The minimum absolute atomic E-state index is 0.0230. The van der Waals surface area contributed by atoms with E-state index in [1.165, 1.54) is 0 Å². The molecule has 2 aromatic rings. The first-order chi connectivity index (χ1) is 8.13. The van der Waals surface area contributed by atoms with Gasteiger partial charge in [-0.3, -0.25) is 4.79 Å². The van der Waals surface area contributed by atoms with Crippen LogP contribution in [0.2, 0.25) is 0 Å². The molecule has 1 heterocycles. The second-order valence-electron chi connectivity index (χ2n) is 3.98. The molecular formula is C12H15N3OS. The third-order valence-corrected chi connectivity index (χ3v) is 3.16. The van der Waals surface area contributed by atoms with E-state index < -0.39 is 0 Å². The predicted molar refractivity (Wildman–Crippen MR) is 70.5 cm³/mol. The summed E-state index contributed by atoms with van der Waals surface area (Å²) in [5.74, 6) is 0.0230. The zero-order valence-corrected chi connectivity index (χ0v) is 10.7. The lowest BCUT2D eigenvalue weighted by Crippen LogP contribution is -2.19. The smallest absolute Gasteiger partial charge is 0.221 e. The Balaban J connectivity index is 2.42. The van der Waals surface area contributed by atoms with Crippen LogP contribution in [0.3, 0.4) is 0 Å². The Morgan fingerprint density at radius 1 is 1.53 bits per heavy atom. The van der Waals surface area contributed by atoms with Crippen LogP contribution in [0.15, 0.2) is 18.2 Å². The Morgan fingerprint density at radius 2 is 2.29 bits per heavy atom. The molecule has 5 heteroatoms. The Labute approximate surface area is 105 Å². The zero-order valence-electron chi connectivity index (χ0n) is 9.91. The van der Waals surface area contributed by atoms with Crippen LogP contribution in [0.4, 0.5) is 0 Å². The zero-order chi connectivity index (χ0) is 12.4. The number of H-pyrrole nitrogens is 1. The molecule has 2 N–H and O–H groups in total. The van der Waals surface area contributed by atoms with Gasteiger partial charge in [-0.1, -0.05) is 12.1 Å². The van der Waals surface area contributed by atoms with E-state index in [-0.39, 0.29) is 5.91 Å². The molecule has 0 fully saturated rings. The van der Waals surface area contributed by atoms with E-state index in [9.17, 15) is 4.79 Å². The summed E-state index contributed by atoms with van der Waals surface area (Å²) in [6.07, 6.45) is 0.437. The van der Waals surface area contributed by atoms with E-state index in [0.29, 0.717) is 17.7 Å². The average molecular weight is 249 g/mol. The van der Waals surface area contributed by atoms with Crippen molar-refractivity contribution < 1.29 is 4.79 Å². The van der Waals surface area contributed by atoms with E-state index in [4.69, 9.17) is 12.2 Å². The molecule has 0 atom stereocenters. The molecule has 0 aliphatic carbocycles. The maximum Gasteiger partial charge on any atom is 0.221 e. The number of hydrogen-bond acceptors (Lipinski definition) is 2. The lowest BCUT2D eigenvalue weighted by Gasteiger charge is -2.05. The minimum Gasteiger partial charge on any atom is -0.359 e. The van der Waals surface area contributed by atoms with Crippen molar-refractivity contribution >= 4 is 29.2 Å². The molecule has 4 nitrogen and oxygen atoms in total. The molecule has 90 valence electrons. The maximum absolute atomic E-state index is 11.3. The van der Waals surface area contributed by atoms with Crippen LogP contribution >= 0.6 is 12.2 Å². The Kier molecular flexibility index (Phi) is 3.28. The number of nitrogens with zero attached hydrogens (tertiary/aromatic N) is 1. The highest BCUT2D eigenvalue weighted by Gasteiger charge is 2.07. The second-order valence-corrected chi connectivity index (χ2v) is 4.36. The minimum atomic E-state index is 0.0230. The van der Waals surface area contributed by atoms with Crippen molar-refractivity contribution in [2.75, 3.05) is 7.05 Å². The fraction of sp³-hybridized carbons (Fsp3) is 0.333. The van der Waals surface area contributed by atoms with Gasteiger partial charge in [-0.25, -0.2) is 0 Å². The summed E-state index contributed by atoms with van der Waals surface area (Å²) in [7, 11) is 1.64. The molecule has 0 saturated carbocycles. The van der Waals surface area contributed by atoms with Gasteiger partial charge in [0.1, 0.15) is 0 Å². The average Bonchev–Trinajstić information content (AvgIpc) is 2.63. The Hall–Kier alpha value is -1.62. The summed E-state index contributed by atoms with van der Waals surface area (Å²) in [4.78, 5) is 14.4. The fourth-order valence-corrected chi connectivity index (χ4v) is 2.25. The number of carbonyl (C=O) groups is 1. The summed E-state index contributed by atoms with van der Waals surface area (Å²) < 4.78 is 2.65. The first-order valence-electron chi connectivity index (χ1n) is 5.52. The largest absolute Gasteiger partial charge is 0.359 e. The van der Waals surface area contributed by atoms with E-state index >= 15 is 0 Å². The van der Waals surface area contributed by atoms with Crippen LogP contribution in [0, 0.1) is 11.7 Å². The van der Waals surface area contributed by atoms with Gasteiger partial charge in [-0.2, -0.15) is 0 Å². The van der Waals surface area contributed by atoms with E-state index in [0.717, 1.165) is 16.6 Å². The van der Waals surface area contributed by atoms with E-state index in [1.54, 1.807) is 7.05 Å². The van der Waals surface area contributed by atoms with Crippen LogP contribution in [-0.4, -0.2) is 22.5 Å². The topological polar surface area (TPSA) is 49.8 Å². The van der Waals surface area contributed by atoms with Crippen molar-refractivity contribution in [1.82, 2.24) is 14.9 Å². The number of fused-ring (bicyclic) bond motifs is 1. The van der Waals surface area contributed by atoms with Crippen molar-refractivity contribution in [1.29, 1.82) is 0 Å². The molecular weight excluding hydrogens is 234 g/mol. The predicted octanol–water partition coefficient (Wildman–Crippen LogP) is 2.14. The third-order valence-electron chi connectivity index (χ3n) is 2.84. The van der Waals surface area contributed by atoms with Crippen LogP contribution in [0.5, 0.6) is 0 Å². The van der Waals surface area contributed by atoms with Crippen molar-refractivity contribution in [2.24, 2.45) is 0 Å². The number of rotatable bonds is 3. The second kappa shape index (κ2) is 4.71. The summed E-state index contributed by atoms with van der Waals surface area (Å²) >= 11 is 5.28. The number of para-hydroxylation sites is 1. The molecule has 0 spiro atoms. The molecule has 1 aromatic carbocycles. The van der Waals surface area contributed by atoms with Gasteiger partial charge in [0.25, 0.3) is 0 Å². The highest BCUT2D eigenvalue weighted by Crippen LogP contribution is 2.18. The summed E-state index contributed by atoms with van der Waals surface area (Å²) in [5.41, 5.74) is 3.26. The Bertz CT molecular complexity index is 612. The third kappa shape index (κ3) is 2.24. The van der Waals surface area contributed by atoms with Gasteiger partial charge in [0, 0.05) is 20.0 Å². The lowest BCUT2D eigenvalue weighted by molar-refractivity contribution is -0.120.